The van der Waals surface area contributed by atoms with Gasteiger partial charge in [-0.25, -0.2) is 4.79 Å². The minimum Gasteiger partial charge on any atom is -0.477 e. The molecule has 2 heterocycles. The van der Waals surface area contributed by atoms with Crippen LogP contribution in [0, 0.1) is 0 Å². The first-order valence-corrected chi connectivity index (χ1v) is 8.86. The van der Waals surface area contributed by atoms with Gasteiger partial charge in [0, 0.05) is 29.5 Å². The number of benzene rings is 1. The number of carbonyl (C=O) groups is 1. The molecule has 0 spiro atoms. The zero-order valence-electron chi connectivity index (χ0n) is 15.1. The van der Waals surface area contributed by atoms with Crippen LogP contribution in [0.5, 0.6) is 0 Å². The number of aromatic nitrogens is 3. The smallest absolute Gasteiger partial charge is 0.435 e. The van der Waals surface area contributed by atoms with E-state index in [0.29, 0.717) is 16.3 Å². The van der Waals surface area contributed by atoms with Gasteiger partial charge in [0.25, 0.3) is 0 Å². The largest absolute Gasteiger partial charge is 0.477 e. The van der Waals surface area contributed by atoms with Crippen molar-refractivity contribution in [2.75, 3.05) is 0 Å². The van der Waals surface area contributed by atoms with Gasteiger partial charge in [0.2, 0.25) is 0 Å². The zero-order chi connectivity index (χ0) is 21.3. The van der Waals surface area contributed by atoms with Crippen LogP contribution in [-0.2, 0) is 19.3 Å². The molecule has 0 atom stereocenters. The third kappa shape index (κ3) is 4.19. The summed E-state index contributed by atoms with van der Waals surface area (Å²) in [4.78, 5) is 24.3. The van der Waals surface area contributed by atoms with E-state index in [9.17, 15) is 27.9 Å². The molecule has 0 saturated carbocycles. The lowest BCUT2D eigenvalue weighted by Crippen LogP contribution is -2.24. The maximum atomic E-state index is 12.8. The molecule has 3 rings (SSSR count). The fraction of sp³-hybridized carbons (Fsp3) is 0.211. The second-order valence-electron chi connectivity index (χ2n) is 6.18. The van der Waals surface area contributed by atoms with Crippen LogP contribution in [0.25, 0.3) is 11.3 Å². The number of aromatic carboxylic acids is 1. The van der Waals surface area contributed by atoms with Gasteiger partial charge in [-0.1, -0.05) is 23.7 Å². The highest BCUT2D eigenvalue weighted by atomic mass is 35.5. The summed E-state index contributed by atoms with van der Waals surface area (Å²) >= 11 is 5.90. The van der Waals surface area contributed by atoms with E-state index in [1.807, 2.05) is 0 Å². The molecule has 0 aliphatic rings. The third-order valence-corrected chi connectivity index (χ3v) is 4.55. The number of hydrogen-bond acceptors (Lipinski definition) is 3. The second-order valence-corrected chi connectivity index (χ2v) is 6.61. The normalized spacial score (nSPS) is 11.6. The van der Waals surface area contributed by atoms with Gasteiger partial charge < -0.3 is 9.67 Å². The Labute approximate surface area is 167 Å². The average Bonchev–Trinajstić information content (AvgIpc) is 3.10. The van der Waals surface area contributed by atoms with E-state index in [2.05, 4.69) is 5.10 Å². The van der Waals surface area contributed by atoms with Crippen molar-refractivity contribution in [1.82, 2.24) is 14.3 Å². The third-order valence-electron chi connectivity index (χ3n) is 4.30. The molecular weight excluding hydrogens is 411 g/mol. The van der Waals surface area contributed by atoms with E-state index >= 15 is 0 Å². The zero-order valence-corrected chi connectivity index (χ0v) is 15.8. The van der Waals surface area contributed by atoms with E-state index in [-0.39, 0.29) is 18.8 Å². The van der Waals surface area contributed by atoms with Crippen molar-refractivity contribution in [3.63, 3.8) is 0 Å². The fourth-order valence-electron chi connectivity index (χ4n) is 3.07. The average molecular weight is 426 g/mol. The molecule has 3 aromatic rings. The lowest BCUT2D eigenvalue weighted by Gasteiger charge is -2.19. The summed E-state index contributed by atoms with van der Waals surface area (Å²) < 4.78 is 41.0. The minimum absolute atomic E-state index is 0.139. The van der Waals surface area contributed by atoms with Crippen LogP contribution in [0.3, 0.4) is 0 Å². The number of carboxylic acids is 1. The highest BCUT2D eigenvalue weighted by molar-refractivity contribution is 6.30. The molecule has 2 aromatic heterocycles. The minimum atomic E-state index is -4.59. The molecule has 0 aliphatic heterocycles. The predicted molar refractivity (Wildman–Crippen MR) is 100 cm³/mol. The van der Waals surface area contributed by atoms with Crippen molar-refractivity contribution in [2.24, 2.45) is 0 Å². The molecule has 0 saturated heterocycles. The number of nitrogens with zero attached hydrogens (tertiary/aromatic N) is 3. The van der Waals surface area contributed by atoms with Gasteiger partial charge in [-0.15, -0.1) is 0 Å². The molecule has 6 nitrogen and oxygen atoms in total. The van der Waals surface area contributed by atoms with Gasteiger partial charge >= 0.3 is 12.1 Å². The molecule has 0 radical (unpaired) electrons. The number of pyridine rings is 1. The Balaban J connectivity index is 2.18. The first-order chi connectivity index (χ1) is 13.6. The first kappa shape index (κ1) is 20.7. The molecule has 0 bridgehead atoms. The monoisotopic (exact) mass is 425 g/mol. The van der Waals surface area contributed by atoms with Crippen molar-refractivity contribution < 1.29 is 23.1 Å². The first-order valence-electron chi connectivity index (χ1n) is 8.48. The fourth-order valence-corrected chi connectivity index (χ4v) is 3.20. The molecule has 1 aromatic carbocycles. The van der Waals surface area contributed by atoms with Gasteiger partial charge in [0.15, 0.2) is 11.1 Å². The van der Waals surface area contributed by atoms with Crippen LogP contribution in [0.15, 0.2) is 47.4 Å². The molecule has 152 valence electrons. The SMILES string of the molecule is CCn1c(Cn2ccc(C(F)(F)F)n2)cc(=O)c(C(=O)O)c1-c1ccc(Cl)cc1. The van der Waals surface area contributed by atoms with Crippen LogP contribution < -0.4 is 5.43 Å². The molecule has 0 unspecified atom stereocenters. The van der Waals surface area contributed by atoms with Crippen LogP contribution in [0.2, 0.25) is 5.02 Å². The summed E-state index contributed by atoms with van der Waals surface area (Å²) in [5.74, 6) is -1.40. The Kier molecular flexibility index (Phi) is 5.52. The predicted octanol–water partition coefficient (Wildman–Crippen LogP) is 4.15. The summed E-state index contributed by atoms with van der Waals surface area (Å²) in [7, 11) is 0. The quantitative estimate of drug-likeness (QED) is 0.666. The van der Waals surface area contributed by atoms with Gasteiger partial charge in [-0.2, -0.15) is 18.3 Å². The molecule has 10 heteroatoms. The van der Waals surface area contributed by atoms with Gasteiger partial charge in [-0.3, -0.25) is 9.48 Å². The van der Waals surface area contributed by atoms with E-state index < -0.39 is 28.8 Å². The molecule has 0 fully saturated rings. The van der Waals surface area contributed by atoms with Crippen LogP contribution in [0.1, 0.15) is 28.7 Å². The topological polar surface area (TPSA) is 77.1 Å². The molecular formula is C19H15ClF3N3O3. The number of alkyl halides is 3. The Morgan fingerprint density at radius 1 is 1.21 bits per heavy atom. The number of hydrogen-bond donors (Lipinski definition) is 1. The summed E-state index contributed by atoms with van der Waals surface area (Å²) in [5.41, 5.74) is -1.29. The van der Waals surface area contributed by atoms with Crippen molar-refractivity contribution in [3.8, 4) is 11.3 Å². The van der Waals surface area contributed by atoms with Crippen LogP contribution >= 0.6 is 11.6 Å². The van der Waals surface area contributed by atoms with Gasteiger partial charge in [0.1, 0.15) is 5.56 Å². The van der Waals surface area contributed by atoms with E-state index in [4.69, 9.17) is 11.6 Å². The van der Waals surface area contributed by atoms with Crippen LogP contribution in [0.4, 0.5) is 13.2 Å². The Bertz CT molecular complexity index is 1120. The molecule has 1 N–H and O–H groups in total. The Morgan fingerprint density at radius 2 is 1.86 bits per heavy atom. The molecule has 29 heavy (non-hydrogen) atoms. The van der Waals surface area contributed by atoms with Crippen molar-refractivity contribution in [1.29, 1.82) is 0 Å². The maximum absolute atomic E-state index is 12.8. The van der Waals surface area contributed by atoms with E-state index in [0.717, 1.165) is 23.0 Å². The van der Waals surface area contributed by atoms with E-state index in [1.165, 1.54) is 0 Å². The summed E-state index contributed by atoms with van der Waals surface area (Å²) in [6.07, 6.45) is -3.43. The Hall–Kier alpha value is -3.07. The van der Waals surface area contributed by atoms with Crippen LogP contribution in [-0.4, -0.2) is 25.4 Å². The van der Waals surface area contributed by atoms with Crippen molar-refractivity contribution in [2.45, 2.75) is 26.2 Å². The number of carboxylic acid groups (broad SMARTS) is 1. The van der Waals surface area contributed by atoms with Crippen molar-refractivity contribution in [3.05, 3.63) is 74.8 Å². The Morgan fingerprint density at radius 3 is 2.38 bits per heavy atom. The molecule has 0 aliphatic carbocycles. The highest BCUT2D eigenvalue weighted by Crippen LogP contribution is 2.28. The molecule has 0 amide bonds. The number of rotatable bonds is 5. The summed E-state index contributed by atoms with van der Waals surface area (Å²) in [5, 5.41) is 13.5. The number of halogens is 4. The summed E-state index contributed by atoms with van der Waals surface area (Å²) in [6, 6.07) is 8.22. The highest BCUT2D eigenvalue weighted by Gasteiger charge is 2.33. The second kappa shape index (κ2) is 7.75. The lowest BCUT2D eigenvalue weighted by atomic mass is 10.0. The summed E-state index contributed by atoms with van der Waals surface area (Å²) in [6.45, 7) is 1.88. The lowest BCUT2D eigenvalue weighted by molar-refractivity contribution is -0.141. The van der Waals surface area contributed by atoms with E-state index in [1.54, 1.807) is 35.8 Å². The van der Waals surface area contributed by atoms with Crippen molar-refractivity contribution >= 4 is 17.6 Å². The van der Waals surface area contributed by atoms with Gasteiger partial charge in [0.05, 0.1) is 12.2 Å². The maximum Gasteiger partial charge on any atom is 0.435 e. The van der Waals surface area contributed by atoms with Gasteiger partial charge in [-0.05, 0) is 30.7 Å². The standard InChI is InChI=1S/C19H15ClF3N3O3/c1-2-26-13(10-25-8-7-15(24-25)19(21,22)23)9-14(27)16(18(28)29)17(26)11-3-5-12(20)6-4-11/h3-9H,2,10H2,1H3,(H,28,29).